The second kappa shape index (κ2) is 7.94. The summed E-state index contributed by atoms with van der Waals surface area (Å²) in [6.45, 7) is 15.5. The Morgan fingerprint density at radius 3 is 1.93 bits per heavy atom. The maximum Gasteiger partial charge on any atom is 0.231 e. The average Bonchev–Trinajstić information content (AvgIpc) is 2.77. The Hall–Kier alpha value is -1.99. The summed E-state index contributed by atoms with van der Waals surface area (Å²) in [5.74, 6) is -0.191. The van der Waals surface area contributed by atoms with E-state index in [1.165, 1.54) is 0 Å². The first-order valence-electron chi connectivity index (χ1n) is 9.43. The molecule has 0 amide bonds. The number of ether oxygens (including phenoxy) is 1. The van der Waals surface area contributed by atoms with Crippen molar-refractivity contribution in [2.75, 3.05) is 6.61 Å². The van der Waals surface area contributed by atoms with Gasteiger partial charge in [-0.2, -0.15) is 0 Å². The van der Waals surface area contributed by atoms with Gasteiger partial charge in [0.1, 0.15) is 0 Å². The molecule has 1 aliphatic carbocycles. The Balaban J connectivity index is 2.63. The quantitative estimate of drug-likeness (QED) is 0.376. The SMILES string of the molecule is CCOC1=C(/C=C/c2ccccc2)C(=O)C(=C([Si](C)(C)C)[Si](C)(C)C)C1=O. The van der Waals surface area contributed by atoms with Gasteiger partial charge in [0, 0.05) is 0 Å². The third-order valence-electron chi connectivity index (χ3n) is 4.43. The number of ketones is 2. The molecule has 1 aromatic rings. The highest BCUT2D eigenvalue weighted by Gasteiger charge is 2.44. The molecule has 0 aliphatic heterocycles. The van der Waals surface area contributed by atoms with Crippen LogP contribution in [0.15, 0.2) is 58.1 Å². The zero-order valence-electron chi connectivity index (χ0n) is 17.5. The summed E-state index contributed by atoms with van der Waals surface area (Å²) in [5.41, 5.74) is 1.76. The maximum absolute atomic E-state index is 13.3. The second-order valence-corrected chi connectivity index (χ2v) is 19.3. The normalized spacial score (nSPS) is 15.9. The summed E-state index contributed by atoms with van der Waals surface area (Å²) in [7, 11) is -3.69. The van der Waals surface area contributed by atoms with Crippen LogP contribution in [-0.2, 0) is 14.3 Å². The summed E-state index contributed by atoms with van der Waals surface area (Å²) in [6, 6.07) is 9.76. The van der Waals surface area contributed by atoms with Crippen LogP contribution >= 0.6 is 0 Å². The van der Waals surface area contributed by atoms with Crippen LogP contribution in [0.4, 0.5) is 0 Å². The lowest BCUT2D eigenvalue weighted by molar-refractivity contribution is -0.117. The van der Waals surface area contributed by atoms with E-state index in [4.69, 9.17) is 4.74 Å². The van der Waals surface area contributed by atoms with Gasteiger partial charge < -0.3 is 4.74 Å². The Labute approximate surface area is 164 Å². The van der Waals surface area contributed by atoms with Gasteiger partial charge >= 0.3 is 0 Å². The Kier molecular flexibility index (Phi) is 6.27. The van der Waals surface area contributed by atoms with Crippen LogP contribution in [0, 0.1) is 0 Å². The number of allylic oxidation sites excluding steroid dienone is 3. The van der Waals surface area contributed by atoms with E-state index >= 15 is 0 Å². The van der Waals surface area contributed by atoms with Gasteiger partial charge in [0.05, 0.1) is 33.9 Å². The minimum atomic E-state index is -1.85. The Morgan fingerprint density at radius 2 is 1.44 bits per heavy atom. The molecular weight excluding hydrogens is 368 g/mol. The lowest BCUT2D eigenvalue weighted by atomic mass is 10.1. The molecule has 2 rings (SSSR count). The molecule has 5 heteroatoms. The van der Waals surface area contributed by atoms with Crippen molar-refractivity contribution in [2.24, 2.45) is 0 Å². The van der Waals surface area contributed by atoms with Crippen molar-refractivity contribution in [1.29, 1.82) is 0 Å². The Bertz CT molecular complexity index is 817. The number of Topliss-reactive ketones (excluding diaryl/α,β-unsaturated/α-hetero) is 2. The van der Waals surface area contributed by atoms with Crippen LogP contribution in [0.5, 0.6) is 0 Å². The highest BCUT2D eigenvalue weighted by atomic mass is 28.4. The van der Waals surface area contributed by atoms with Gasteiger partial charge in [-0.3, -0.25) is 9.59 Å². The molecule has 0 atom stereocenters. The lowest BCUT2D eigenvalue weighted by Crippen LogP contribution is -2.42. The van der Waals surface area contributed by atoms with Gasteiger partial charge in [-0.15, -0.1) is 0 Å². The first-order chi connectivity index (χ1) is 12.5. The Morgan fingerprint density at radius 1 is 0.889 bits per heavy atom. The van der Waals surface area contributed by atoms with E-state index in [9.17, 15) is 9.59 Å². The van der Waals surface area contributed by atoms with Crippen molar-refractivity contribution >= 4 is 33.8 Å². The molecule has 0 spiro atoms. The molecule has 0 bridgehead atoms. The van der Waals surface area contributed by atoms with E-state index in [1.54, 1.807) is 6.08 Å². The van der Waals surface area contributed by atoms with Crippen molar-refractivity contribution in [3.05, 3.63) is 63.7 Å². The van der Waals surface area contributed by atoms with Crippen molar-refractivity contribution in [3.63, 3.8) is 0 Å². The molecule has 27 heavy (non-hydrogen) atoms. The molecule has 1 aromatic carbocycles. The predicted octanol–water partition coefficient (Wildman–Crippen LogP) is 5.19. The fraction of sp³-hybridized carbons (Fsp3) is 0.364. The fourth-order valence-electron chi connectivity index (χ4n) is 3.86. The molecule has 1 aliphatic rings. The third-order valence-corrected chi connectivity index (χ3v) is 12.4. The van der Waals surface area contributed by atoms with Crippen molar-refractivity contribution in [1.82, 2.24) is 0 Å². The largest absolute Gasteiger partial charge is 0.489 e. The van der Waals surface area contributed by atoms with Gasteiger partial charge in [-0.05, 0) is 18.6 Å². The molecule has 0 unspecified atom stereocenters. The van der Waals surface area contributed by atoms with Gasteiger partial charge in [0.15, 0.2) is 11.5 Å². The highest BCUT2D eigenvalue weighted by molar-refractivity contribution is 7.05. The summed E-state index contributed by atoms with van der Waals surface area (Å²) < 4.78 is 5.65. The van der Waals surface area contributed by atoms with Crippen molar-refractivity contribution < 1.29 is 14.3 Å². The van der Waals surface area contributed by atoms with E-state index < -0.39 is 16.1 Å². The predicted molar refractivity (Wildman–Crippen MR) is 118 cm³/mol. The molecule has 0 N–H and O–H groups in total. The van der Waals surface area contributed by atoms with Crippen LogP contribution in [0.25, 0.3) is 6.08 Å². The monoisotopic (exact) mass is 398 g/mol. The molecule has 0 saturated heterocycles. The lowest BCUT2D eigenvalue weighted by Gasteiger charge is -2.32. The van der Waals surface area contributed by atoms with E-state index in [1.807, 2.05) is 43.3 Å². The molecular formula is C22H30O3Si2. The van der Waals surface area contributed by atoms with Gasteiger partial charge in [-0.25, -0.2) is 0 Å². The second-order valence-electron chi connectivity index (χ2n) is 8.83. The number of hydrogen-bond donors (Lipinski definition) is 0. The van der Waals surface area contributed by atoms with E-state index in [0.717, 1.165) is 10.4 Å². The number of hydrogen-bond acceptors (Lipinski definition) is 3. The highest BCUT2D eigenvalue weighted by Crippen LogP contribution is 2.36. The smallest absolute Gasteiger partial charge is 0.231 e. The van der Waals surface area contributed by atoms with Crippen LogP contribution in [0.1, 0.15) is 12.5 Å². The van der Waals surface area contributed by atoms with E-state index in [0.29, 0.717) is 17.8 Å². The number of carbonyl (C=O) groups is 2. The van der Waals surface area contributed by atoms with E-state index in [2.05, 4.69) is 39.3 Å². The molecule has 144 valence electrons. The third kappa shape index (κ3) is 4.65. The maximum atomic E-state index is 13.3. The fourth-order valence-corrected chi connectivity index (χ4v) is 14.8. The standard InChI is InChI=1S/C22H30O3Si2/c1-8-25-21-17(15-14-16-12-10-9-11-13-16)19(23)18(20(21)24)22(26(2,3)4)27(5,6)7/h9-15H,8H2,1-7H3/b15-14+. The summed E-state index contributed by atoms with van der Waals surface area (Å²) in [5, 5.41) is 0. The number of carbonyl (C=O) groups excluding carboxylic acids is 2. The van der Waals surface area contributed by atoms with Crippen LogP contribution in [0.3, 0.4) is 0 Å². The first kappa shape index (κ1) is 21.3. The first-order valence-corrected chi connectivity index (χ1v) is 16.4. The molecule has 0 radical (unpaired) electrons. The minimum absolute atomic E-state index is 0.171. The van der Waals surface area contributed by atoms with Crippen LogP contribution in [-0.4, -0.2) is 34.3 Å². The molecule has 0 aromatic heterocycles. The van der Waals surface area contributed by atoms with Gasteiger partial charge in [0.2, 0.25) is 5.78 Å². The molecule has 0 saturated carbocycles. The topological polar surface area (TPSA) is 43.4 Å². The average molecular weight is 399 g/mol. The van der Waals surface area contributed by atoms with Gasteiger partial charge in [0.25, 0.3) is 0 Å². The van der Waals surface area contributed by atoms with Crippen LogP contribution < -0.4 is 0 Å². The zero-order chi connectivity index (χ0) is 20.4. The number of benzene rings is 1. The zero-order valence-corrected chi connectivity index (χ0v) is 19.5. The van der Waals surface area contributed by atoms with Gasteiger partial charge in [-0.1, -0.05) is 80.5 Å². The summed E-state index contributed by atoms with van der Waals surface area (Å²) in [4.78, 5) is 27.7. The van der Waals surface area contributed by atoms with Crippen molar-refractivity contribution in [2.45, 2.75) is 46.2 Å². The van der Waals surface area contributed by atoms with Crippen molar-refractivity contribution in [3.8, 4) is 0 Å². The minimum Gasteiger partial charge on any atom is -0.489 e. The van der Waals surface area contributed by atoms with Crippen LogP contribution in [0.2, 0.25) is 39.3 Å². The molecule has 0 fully saturated rings. The van der Waals surface area contributed by atoms with E-state index in [-0.39, 0.29) is 17.3 Å². The summed E-state index contributed by atoms with van der Waals surface area (Å²) >= 11 is 0. The number of rotatable bonds is 6. The molecule has 0 heterocycles. The molecule has 3 nitrogen and oxygen atoms in total. The summed E-state index contributed by atoms with van der Waals surface area (Å²) in [6.07, 6.45) is 3.60.